The maximum absolute atomic E-state index is 12.3. The Hall–Kier alpha value is -1.91. The molecule has 0 atom stereocenters. The third-order valence-corrected chi connectivity index (χ3v) is 3.25. The Bertz CT molecular complexity index is 612. The maximum Gasteiger partial charge on any atom is 0.259 e. The van der Waals surface area contributed by atoms with Gasteiger partial charge in [0.1, 0.15) is 5.82 Å². The van der Waals surface area contributed by atoms with E-state index < -0.39 is 0 Å². The second-order valence-electron chi connectivity index (χ2n) is 5.29. The standard InChI is InChI=1S/C14H19N3O2/c1-8(2)13(18)15-6-11-10(4)16-12-5-9(3)7-17(12)14(11)19/h5,8H,6-7H2,1-4H3,(H,15,18). The van der Waals surface area contributed by atoms with E-state index in [2.05, 4.69) is 10.3 Å². The van der Waals surface area contributed by atoms with E-state index in [1.165, 1.54) is 0 Å². The van der Waals surface area contributed by atoms with Crippen LogP contribution in [0.25, 0.3) is 6.08 Å². The molecule has 5 heteroatoms. The number of aryl methyl sites for hydroxylation is 1. The lowest BCUT2D eigenvalue weighted by Crippen LogP contribution is -2.33. The van der Waals surface area contributed by atoms with Crippen molar-refractivity contribution in [2.24, 2.45) is 5.92 Å². The molecule has 5 nitrogen and oxygen atoms in total. The lowest BCUT2D eigenvalue weighted by Gasteiger charge is -2.11. The predicted molar refractivity (Wildman–Crippen MR) is 73.6 cm³/mol. The van der Waals surface area contributed by atoms with Gasteiger partial charge in [-0.25, -0.2) is 4.98 Å². The molecule has 0 bridgehead atoms. The van der Waals surface area contributed by atoms with Crippen molar-refractivity contribution in [1.82, 2.24) is 14.9 Å². The third-order valence-electron chi connectivity index (χ3n) is 3.25. The molecule has 1 N–H and O–H groups in total. The number of aromatic nitrogens is 2. The van der Waals surface area contributed by atoms with Crippen molar-refractivity contribution in [3.63, 3.8) is 0 Å². The molecule has 0 saturated heterocycles. The van der Waals surface area contributed by atoms with Crippen LogP contribution < -0.4 is 10.9 Å². The van der Waals surface area contributed by atoms with Crippen LogP contribution in [0.2, 0.25) is 0 Å². The molecule has 1 aromatic heterocycles. The minimum absolute atomic E-state index is 0.0559. The van der Waals surface area contributed by atoms with Gasteiger partial charge in [0.15, 0.2) is 0 Å². The summed E-state index contributed by atoms with van der Waals surface area (Å²) in [5.74, 6) is 0.562. The molecule has 1 aliphatic heterocycles. The molecule has 2 rings (SSSR count). The van der Waals surface area contributed by atoms with Gasteiger partial charge in [-0.3, -0.25) is 14.2 Å². The Morgan fingerprint density at radius 1 is 1.47 bits per heavy atom. The fraction of sp³-hybridized carbons (Fsp3) is 0.500. The van der Waals surface area contributed by atoms with Crippen molar-refractivity contribution in [2.75, 3.05) is 0 Å². The van der Waals surface area contributed by atoms with Gasteiger partial charge in [0, 0.05) is 12.5 Å². The van der Waals surface area contributed by atoms with Gasteiger partial charge in [0.2, 0.25) is 5.91 Å². The van der Waals surface area contributed by atoms with Crippen LogP contribution in [0.5, 0.6) is 0 Å². The summed E-state index contributed by atoms with van der Waals surface area (Å²) < 4.78 is 1.65. The Morgan fingerprint density at radius 3 is 2.79 bits per heavy atom. The van der Waals surface area contributed by atoms with Crippen LogP contribution in [0.1, 0.15) is 37.9 Å². The lowest BCUT2D eigenvalue weighted by atomic mass is 10.2. The molecule has 1 aliphatic rings. The number of carbonyl (C=O) groups is 1. The molecule has 0 fully saturated rings. The summed E-state index contributed by atoms with van der Waals surface area (Å²) in [7, 11) is 0. The van der Waals surface area contributed by atoms with E-state index >= 15 is 0 Å². The van der Waals surface area contributed by atoms with Gasteiger partial charge in [-0.15, -0.1) is 0 Å². The lowest BCUT2D eigenvalue weighted by molar-refractivity contribution is -0.124. The molecular weight excluding hydrogens is 242 g/mol. The van der Waals surface area contributed by atoms with Crippen molar-refractivity contribution in [2.45, 2.75) is 40.8 Å². The van der Waals surface area contributed by atoms with Crippen LogP contribution >= 0.6 is 0 Å². The summed E-state index contributed by atoms with van der Waals surface area (Å²) in [6.07, 6.45) is 1.92. The number of hydrogen-bond donors (Lipinski definition) is 1. The quantitative estimate of drug-likeness (QED) is 0.890. The van der Waals surface area contributed by atoms with Crippen molar-refractivity contribution in [1.29, 1.82) is 0 Å². The van der Waals surface area contributed by atoms with Crippen LogP contribution in [0.4, 0.5) is 0 Å². The van der Waals surface area contributed by atoms with E-state index in [-0.39, 0.29) is 23.9 Å². The minimum atomic E-state index is -0.0886. The van der Waals surface area contributed by atoms with Crippen molar-refractivity contribution < 1.29 is 4.79 Å². The highest BCUT2D eigenvalue weighted by Crippen LogP contribution is 2.15. The summed E-state index contributed by atoms with van der Waals surface area (Å²) in [4.78, 5) is 28.3. The number of amides is 1. The summed E-state index contributed by atoms with van der Waals surface area (Å²) in [6.45, 7) is 8.26. The van der Waals surface area contributed by atoms with Gasteiger partial charge in [0.25, 0.3) is 5.56 Å². The van der Waals surface area contributed by atoms with Crippen molar-refractivity contribution >= 4 is 12.0 Å². The van der Waals surface area contributed by atoms with E-state index in [0.717, 1.165) is 5.57 Å². The number of nitrogens with one attached hydrogen (secondary N) is 1. The van der Waals surface area contributed by atoms with Crippen LogP contribution in [-0.4, -0.2) is 15.5 Å². The Kier molecular flexibility index (Phi) is 3.55. The first kappa shape index (κ1) is 13.5. The van der Waals surface area contributed by atoms with Crippen LogP contribution in [0.15, 0.2) is 10.4 Å². The summed E-state index contributed by atoms with van der Waals surface area (Å²) in [5.41, 5.74) is 2.32. The first-order valence-corrected chi connectivity index (χ1v) is 6.45. The van der Waals surface area contributed by atoms with E-state index in [9.17, 15) is 9.59 Å². The van der Waals surface area contributed by atoms with Gasteiger partial charge in [0.05, 0.1) is 17.8 Å². The molecule has 1 amide bonds. The number of allylic oxidation sites excluding steroid dienone is 1. The molecule has 0 aromatic carbocycles. The summed E-state index contributed by atoms with van der Waals surface area (Å²) >= 11 is 0. The first-order chi connectivity index (χ1) is 8.90. The number of carbonyl (C=O) groups excluding carboxylic acids is 1. The first-order valence-electron chi connectivity index (χ1n) is 6.45. The molecule has 0 unspecified atom stereocenters. The highest BCUT2D eigenvalue weighted by Gasteiger charge is 2.18. The molecule has 1 aromatic rings. The van der Waals surface area contributed by atoms with Gasteiger partial charge < -0.3 is 5.32 Å². The fourth-order valence-electron chi connectivity index (χ4n) is 2.08. The van der Waals surface area contributed by atoms with E-state index in [0.29, 0.717) is 23.6 Å². The van der Waals surface area contributed by atoms with Gasteiger partial charge in [-0.05, 0) is 25.5 Å². The maximum atomic E-state index is 12.3. The van der Waals surface area contributed by atoms with E-state index in [4.69, 9.17) is 0 Å². The van der Waals surface area contributed by atoms with Crippen molar-refractivity contribution in [3.8, 4) is 0 Å². The van der Waals surface area contributed by atoms with Gasteiger partial charge in [-0.2, -0.15) is 0 Å². The molecule has 102 valence electrons. The Labute approximate surface area is 112 Å². The molecule has 0 aliphatic carbocycles. The van der Waals surface area contributed by atoms with Crippen molar-refractivity contribution in [3.05, 3.63) is 33.0 Å². The Balaban J connectivity index is 2.27. The van der Waals surface area contributed by atoms with Crippen LogP contribution in [0, 0.1) is 12.8 Å². The largest absolute Gasteiger partial charge is 0.352 e. The monoisotopic (exact) mass is 261 g/mol. The average Bonchev–Trinajstić information content (AvgIpc) is 2.69. The Morgan fingerprint density at radius 2 is 2.16 bits per heavy atom. The highest BCUT2D eigenvalue weighted by atomic mass is 16.2. The minimum Gasteiger partial charge on any atom is -0.352 e. The normalized spacial score (nSPS) is 13.4. The number of hydrogen-bond acceptors (Lipinski definition) is 3. The predicted octanol–water partition coefficient (Wildman–Crippen LogP) is 1.24. The zero-order valence-electron chi connectivity index (χ0n) is 11.8. The van der Waals surface area contributed by atoms with Gasteiger partial charge >= 0.3 is 0 Å². The molecule has 0 spiro atoms. The third kappa shape index (κ3) is 2.59. The van der Waals surface area contributed by atoms with Gasteiger partial charge in [-0.1, -0.05) is 13.8 Å². The summed E-state index contributed by atoms with van der Waals surface area (Å²) in [5, 5.41) is 2.77. The second kappa shape index (κ2) is 4.99. The zero-order valence-corrected chi connectivity index (χ0v) is 11.8. The molecule has 19 heavy (non-hydrogen) atoms. The van der Waals surface area contributed by atoms with E-state index in [1.807, 2.05) is 26.8 Å². The number of rotatable bonds is 3. The molecule has 2 heterocycles. The fourth-order valence-corrected chi connectivity index (χ4v) is 2.08. The van der Waals surface area contributed by atoms with Crippen LogP contribution in [-0.2, 0) is 17.9 Å². The van der Waals surface area contributed by atoms with E-state index in [1.54, 1.807) is 11.5 Å². The zero-order chi connectivity index (χ0) is 14.2. The molecule has 0 saturated carbocycles. The topological polar surface area (TPSA) is 64.0 Å². The highest BCUT2D eigenvalue weighted by molar-refractivity contribution is 5.77. The van der Waals surface area contributed by atoms with Crippen LogP contribution in [0.3, 0.4) is 0 Å². The SMILES string of the molecule is CC1=Cc2nc(C)c(CNC(=O)C(C)C)c(=O)n2C1. The number of fused-ring (bicyclic) bond motifs is 1. The molecular formula is C14H19N3O2. The second-order valence-corrected chi connectivity index (χ2v) is 5.29. The number of nitrogens with zero attached hydrogens (tertiary/aromatic N) is 2. The molecule has 0 radical (unpaired) electrons. The smallest absolute Gasteiger partial charge is 0.259 e. The summed E-state index contributed by atoms with van der Waals surface area (Å²) in [6, 6.07) is 0. The average molecular weight is 261 g/mol.